The lowest BCUT2D eigenvalue weighted by molar-refractivity contribution is 0.0638. The summed E-state index contributed by atoms with van der Waals surface area (Å²) >= 11 is 1.32. The molecule has 2 amide bonds. The molecule has 4 rings (SSSR count). The number of ether oxygens (including phenoxy) is 3. The van der Waals surface area contributed by atoms with Crippen LogP contribution in [-0.4, -0.2) is 64.6 Å². The Hall–Kier alpha value is -3.57. The molecule has 1 aromatic carbocycles. The zero-order valence-electron chi connectivity index (χ0n) is 18.2. The van der Waals surface area contributed by atoms with Gasteiger partial charge in [-0.15, -0.1) is 11.3 Å². The highest BCUT2D eigenvalue weighted by Crippen LogP contribution is 2.28. The highest BCUT2D eigenvalue weighted by Gasteiger charge is 2.23. The van der Waals surface area contributed by atoms with Crippen molar-refractivity contribution in [3.8, 4) is 17.2 Å². The Labute approximate surface area is 194 Å². The summed E-state index contributed by atoms with van der Waals surface area (Å²) in [6.07, 6.45) is 5.21. The predicted molar refractivity (Wildman–Crippen MR) is 121 cm³/mol. The molecule has 3 aromatic rings. The number of hydrogen-bond acceptors (Lipinski definition) is 9. The first-order valence-corrected chi connectivity index (χ1v) is 11.2. The fraction of sp³-hybridized carbons (Fsp3) is 0.318. The molecule has 1 atom stereocenters. The molecule has 0 spiro atoms. The molecule has 0 aliphatic carbocycles. The van der Waals surface area contributed by atoms with E-state index >= 15 is 0 Å². The van der Waals surface area contributed by atoms with Gasteiger partial charge in [-0.1, -0.05) is 0 Å². The van der Waals surface area contributed by atoms with Gasteiger partial charge in [-0.25, -0.2) is 15.0 Å². The second-order valence-corrected chi connectivity index (χ2v) is 8.25. The third-order valence-corrected chi connectivity index (χ3v) is 5.42. The fourth-order valence-electron chi connectivity index (χ4n) is 3.06. The van der Waals surface area contributed by atoms with Crippen LogP contribution in [0.25, 0.3) is 0 Å². The first kappa shape index (κ1) is 22.6. The van der Waals surface area contributed by atoms with E-state index in [1.165, 1.54) is 23.7 Å². The third kappa shape index (κ3) is 5.82. The number of aromatic nitrogens is 3. The van der Waals surface area contributed by atoms with Gasteiger partial charge in [0.25, 0.3) is 11.8 Å². The summed E-state index contributed by atoms with van der Waals surface area (Å²) in [6.45, 7) is 3.68. The number of carbonyl (C=O) groups is 2. The number of amides is 2. The smallest absolute Gasteiger partial charge is 0.291 e. The molecule has 1 aliphatic heterocycles. The average Bonchev–Trinajstić information content (AvgIpc) is 3.26. The van der Waals surface area contributed by atoms with Crippen LogP contribution in [-0.2, 0) is 4.74 Å². The highest BCUT2D eigenvalue weighted by molar-refractivity contribution is 7.13. The predicted octanol–water partition coefficient (Wildman–Crippen LogP) is 3.24. The average molecular weight is 470 g/mol. The van der Waals surface area contributed by atoms with Crippen LogP contribution in [0.1, 0.15) is 34.3 Å². The topological polar surface area (TPSA) is 116 Å². The Kier molecular flexibility index (Phi) is 7.10. The van der Waals surface area contributed by atoms with E-state index in [1.54, 1.807) is 41.8 Å². The number of nitrogens with one attached hydrogen (secondary N) is 1. The van der Waals surface area contributed by atoms with Gasteiger partial charge in [-0.3, -0.25) is 14.9 Å². The molecule has 0 unspecified atom stereocenters. The van der Waals surface area contributed by atoms with Crippen molar-refractivity contribution in [2.75, 3.05) is 32.1 Å². The molecule has 1 N–H and O–H groups in total. The number of nitrogens with zero attached hydrogens (tertiary/aromatic N) is 4. The number of methoxy groups -OCH3 is 1. The third-order valence-electron chi connectivity index (χ3n) is 4.73. The van der Waals surface area contributed by atoms with Gasteiger partial charge in [0.05, 0.1) is 19.0 Å². The molecule has 0 radical (unpaired) electrons. The zero-order chi connectivity index (χ0) is 23.2. The lowest BCUT2D eigenvalue weighted by Crippen LogP contribution is -2.42. The van der Waals surface area contributed by atoms with Crippen molar-refractivity contribution in [2.24, 2.45) is 0 Å². The summed E-state index contributed by atoms with van der Waals surface area (Å²) in [6, 6.07) is 4.86. The van der Waals surface area contributed by atoms with Gasteiger partial charge in [0.15, 0.2) is 10.9 Å². The summed E-state index contributed by atoms with van der Waals surface area (Å²) in [5.41, 5.74) is 0.327. The minimum atomic E-state index is -0.355. The van der Waals surface area contributed by atoms with Crippen LogP contribution in [0.5, 0.6) is 17.2 Å². The van der Waals surface area contributed by atoms with Crippen molar-refractivity contribution in [2.45, 2.75) is 19.4 Å². The zero-order valence-corrected chi connectivity index (χ0v) is 19.0. The van der Waals surface area contributed by atoms with Crippen LogP contribution in [0.2, 0.25) is 0 Å². The Morgan fingerprint density at radius 3 is 2.52 bits per heavy atom. The monoisotopic (exact) mass is 469 g/mol. The van der Waals surface area contributed by atoms with E-state index in [1.807, 2.05) is 6.92 Å². The van der Waals surface area contributed by atoms with Crippen molar-refractivity contribution < 1.29 is 23.8 Å². The summed E-state index contributed by atoms with van der Waals surface area (Å²) in [5, 5.41) is 5.00. The molecule has 3 heterocycles. The maximum Gasteiger partial charge on any atom is 0.291 e. The Balaban J connectivity index is 1.53. The number of anilines is 1. The normalized spacial score (nSPS) is 13.7. The molecule has 172 valence electrons. The minimum Gasteiger partial charge on any atom is -0.488 e. The van der Waals surface area contributed by atoms with Gasteiger partial charge in [0, 0.05) is 43.4 Å². The molecule has 1 fully saturated rings. The Bertz CT molecular complexity index is 1100. The summed E-state index contributed by atoms with van der Waals surface area (Å²) < 4.78 is 16.9. The van der Waals surface area contributed by atoms with Crippen LogP contribution < -0.4 is 14.8 Å². The van der Waals surface area contributed by atoms with Crippen molar-refractivity contribution in [3.05, 3.63) is 53.6 Å². The van der Waals surface area contributed by atoms with Gasteiger partial charge in [-0.05, 0) is 25.5 Å². The van der Waals surface area contributed by atoms with Crippen molar-refractivity contribution in [1.82, 2.24) is 19.9 Å². The molecule has 10 nitrogen and oxygen atoms in total. The quantitative estimate of drug-likeness (QED) is 0.508. The summed E-state index contributed by atoms with van der Waals surface area (Å²) in [5.74, 6) is 0.682. The second-order valence-electron chi connectivity index (χ2n) is 7.36. The largest absolute Gasteiger partial charge is 0.488 e. The van der Waals surface area contributed by atoms with Gasteiger partial charge in [-0.2, -0.15) is 0 Å². The number of benzene rings is 1. The number of thiazole rings is 1. The molecule has 0 saturated carbocycles. The van der Waals surface area contributed by atoms with Gasteiger partial charge >= 0.3 is 0 Å². The van der Waals surface area contributed by atoms with E-state index in [0.717, 1.165) is 19.5 Å². The molecular formula is C22H23N5O5S. The van der Waals surface area contributed by atoms with Gasteiger partial charge in [0.1, 0.15) is 17.6 Å². The second kappa shape index (κ2) is 10.4. The van der Waals surface area contributed by atoms with E-state index in [9.17, 15) is 9.59 Å². The molecule has 1 aliphatic rings. The van der Waals surface area contributed by atoms with Crippen LogP contribution in [0, 0.1) is 0 Å². The SMILES string of the molecule is COC[C@H](C)Oc1cc(Oc2cnc(C(=O)N3CCC3)nc2)cc(C(=O)Nc2nccs2)c1. The molecule has 33 heavy (non-hydrogen) atoms. The number of likely N-dealkylation sites (tertiary alicyclic amines) is 1. The van der Waals surface area contributed by atoms with E-state index in [2.05, 4.69) is 20.3 Å². The van der Waals surface area contributed by atoms with E-state index in [4.69, 9.17) is 14.2 Å². The van der Waals surface area contributed by atoms with E-state index in [-0.39, 0.29) is 23.7 Å². The van der Waals surface area contributed by atoms with Gasteiger partial charge < -0.3 is 19.1 Å². The van der Waals surface area contributed by atoms with Crippen LogP contribution in [0.4, 0.5) is 5.13 Å². The molecule has 2 aromatic heterocycles. The highest BCUT2D eigenvalue weighted by atomic mass is 32.1. The van der Waals surface area contributed by atoms with Crippen LogP contribution >= 0.6 is 11.3 Å². The lowest BCUT2D eigenvalue weighted by atomic mass is 10.2. The first-order valence-electron chi connectivity index (χ1n) is 10.3. The molecule has 11 heteroatoms. The van der Waals surface area contributed by atoms with E-state index < -0.39 is 0 Å². The van der Waals surface area contributed by atoms with Crippen molar-refractivity contribution >= 4 is 28.3 Å². The maximum atomic E-state index is 12.8. The van der Waals surface area contributed by atoms with E-state index in [0.29, 0.717) is 34.6 Å². The fourth-order valence-corrected chi connectivity index (χ4v) is 3.59. The Morgan fingerprint density at radius 2 is 1.88 bits per heavy atom. The number of carbonyl (C=O) groups excluding carboxylic acids is 2. The Morgan fingerprint density at radius 1 is 1.12 bits per heavy atom. The van der Waals surface area contributed by atoms with Crippen molar-refractivity contribution in [1.29, 1.82) is 0 Å². The number of hydrogen-bond donors (Lipinski definition) is 1. The lowest BCUT2D eigenvalue weighted by Gasteiger charge is -2.29. The van der Waals surface area contributed by atoms with Crippen LogP contribution in [0.3, 0.4) is 0 Å². The maximum absolute atomic E-state index is 12.8. The first-order chi connectivity index (χ1) is 16.0. The van der Waals surface area contributed by atoms with Crippen LogP contribution in [0.15, 0.2) is 42.2 Å². The summed E-state index contributed by atoms with van der Waals surface area (Å²) in [7, 11) is 1.59. The van der Waals surface area contributed by atoms with Crippen molar-refractivity contribution in [3.63, 3.8) is 0 Å². The summed E-state index contributed by atoms with van der Waals surface area (Å²) in [4.78, 5) is 39.0. The molecule has 0 bridgehead atoms. The molecular weight excluding hydrogens is 446 g/mol. The minimum absolute atomic E-state index is 0.121. The molecule has 1 saturated heterocycles. The standard InChI is InChI=1S/C22H23N5O5S/c1-14(13-30-2)31-16-8-15(20(28)26-22-23-4-7-33-22)9-17(10-16)32-18-11-24-19(25-12-18)21(29)27-5-3-6-27/h4,7-12,14H,3,5-6,13H2,1-2H3,(H,23,26,28)/t14-/m0/s1. The number of rotatable bonds is 9. The van der Waals surface area contributed by atoms with Gasteiger partial charge in [0.2, 0.25) is 5.82 Å².